The molecule has 216 valence electrons. The van der Waals surface area contributed by atoms with Crippen LogP contribution in [0.4, 0.5) is 0 Å². The van der Waals surface area contributed by atoms with Gasteiger partial charge in [0, 0.05) is 36.9 Å². The average molecular weight is 619 g/mol. The van der Waals surface area contributed by atoms with Gasteiger partial charge in [-0.25, -0.2) is 13.1 Å². The summed E-state index contributed by atoms with van der Waals surface area (Å²) >= 11 is 12.2. The zero-order valence-corrected chi connectivity index (χ0v) is 25.2. The number of benzene rings is 2. The number of nitrogens with one attached hydrogen (secondary N) is 1. The van der Waals surface area contributed by atoms with Crippen molar-refractivity contribution < 1.29 is 22.8 Å². The molecule has 41 heavy (non-hydrogen) atoms. The summed E-state index contributed by atoms with van der Waals surface area (Å²) in [5.41, 5.74) is 2.62. The molecule has 3 amide bonds. The quantitative estimate of drug-likeness (QED) is 0.466. The molecule has 13 heteroatoms. The average Bonchev–Trinajstić information content (AvgIpc) is 3.31. The molecule has 0 spiro atoms. The third-order valence-electron chi connectivity index (χ3n) is 7.80. The molecule has 10 nitrogen and oxygen atoms in total. The standard InChI is InChI=1S/C28H29Cl2N5O5S/c1-15-11-23-20(13-33(15)27(37)18-7-10-21(29)22(30)12-18)25-28(38)34(14-24(26(36)31-3)35(25)32-23)16(2)17-5-8-19(9-6-17)41(4,39)40/h5-10,12,15-16,24H,11,13-14H2,1-4H3,(H,31,36)/t15-,16?,24+/m1/s1. The Hall–Kier alpha value is -3.41. The minimum atomic E-state index is -3.38. The lowest BCUT2D eigenvalue weighted by molar-refractivity contribution is -0.125. The highest BCUT2D eigenvalue weighted by atomic mass is 35.5. The number of fused-ring (bicyclic) bond motifs is 3. The molecule has 5 rings (SSSR count). The number of likely N-dealkylation sites (N-methyl/N-ethyl adjacent to an activating group) is 1. The van der Waals surface area contributed by atoms with E-state index in [1.807, 2.05) is 13.8 Å². The molecule has 0 radical (unpaired) electrons. The van der Waals surface area contributed by atoms with Crippen LogP contribution in [0.15, 0.2) is 47.4 Å². The van der Waals surface area contributed by atoms with E-state index in [1.165, 1.54) is 29.9 Å². The monoisotopic (exact) mass is 617 g/mol. The van der Waals surface area contributed by atoms with Crippen molar-refractivity contribution in [2.45, 2.75) is 49.8 Å². The van der Waals surface area contributed by atoms with E-state index < -0.39 is 21.9 Å². The van der Waals surface area contributed by atoms with E-state index in [9.17, 15) is 22.8 Å². The number of hydrogen-bond acceptors (Lipinski definition) is 6. The maximum absolute atomic E-state index is 14.1. The number of amides is 3. The zero-order chi connectivity index (χ0) is 29.8. The molecule has 3 heterocycles. The molecule has 2 aromatic carbocycles. The second kappa shape index (κ2) is 10.8. The lowest BCUT2D eigenvalue weighted by Crippen LogP contribution is -2.49. The minimum absolute atomic E-state index is 0.0720. The van der Waals surface area contributed by atoms with Crippen LogP contribution in [-0.4, -0.2) is 71.6 Å². The first-order valence-corrected chi connectivity index (χ1v) is 15.6. The normalized spacial score (nSPS) is 19.4. The summed E-state index contributed by atoms with van der Waals surface area (Å²) in [5.74, 6) is -0.890. The highest BCUT2D eigenvalue weighted by Crippen LogP contribution is 2.36. The van der Waals surface area contributed by atoms with Crippen LogP contribution in [0.3, 0.4) is 0 Å². The number of rotatable bonds is 5. The largest absolute Gasteiger partial charge is 0.357 e. The van der Waals surface area contributed by atoms with Gasteiger partial charge in [0.05, 0.1) is 39.8 Å². The van der Waals surface area contributed by atoms with Gasteiger partial charge in [-0.05, 0) is 49.7 Å². The van der Waals surface area contributed by atoms with Crippen molar-refractivity contribution in [2.75, 3.05) is 19.8 Å². The number of carbonyl (C=O) groups is 3. The Morgan fingerprint density at radius 1 is 1.10 bits per heavy atom. The highest BCUT2D eigenvalue weighted by Gasteiger charge is 2.43. The molecular formula is C28H29Cl2N5O5S. The topological polar surface area (TPSA) is 122 Å². The van der Waals surface area contributed by atoms with Crippen molar-refractivity contribution >= 4 is 50.8 Å². The van der Waals surface area contributed by atoms with E-state index in [0.29, 0.717) is 33.8 Å². The Morgan fingerprint density at radius 2 is 1.78 bits per heavy atom. The first-order chi connectivity index (χ1) is 19.3. The molecule has 0 aliphatic carbocycles. The Bertz CT molecular complexity index is 1670. The molecule has 0 fully saturated rings. The van der Waals surface area contributed by atoms with Gasteiger partial charge in [0.25, 0.3) is 11.8 Å². The van der Waals surface area contributed by atoms with E-state index in [0.717, 1.165) is 6.26 Å². The van der Waals surface area contributed by atoms with Gasteiger partial charge in [-0.3, -0.25) is 14.4 Å². The molecule has 3 aromatic rings. The smallest absolute Gasteiger partial charge is 0.273 e. The van der Waals surface area contributed by atoms with Gasteiger partial charge in [-0.15, -0.1) is 0 Å². The van der Waals surface area contributed by atoms with Gasteiger partial charge in [0.2, 0.25) is 5.91 Å². The van der Waals surface area contributed by atoms with Gasteiger partial charge in [0.15, 0.2) is 9.84 Å². The lowest BCUT2D eigenvalue weighted by Gasteiger charge is -2.38. The van der Waals surface area contributed by atoms with Gasteiger partial charge in [0.1, 0.15) is 11.7 Å². The SMILES string of the molecule is CNC(=O)[C@@H]1CN(C(C)c2ccc(S(C)(=O)=O)cc2)C(=O)c2c3c(nn21)C[C@@H](C)N(C(=O)c1ccc(Cl)c(Cl)c1)C3. The molecule has 2 aliphatic heterocycles. The lowest BCUT2D eigenvalue weighted by atomic mass is 9.96. The van der Waals surface area contributed by atoms with Crippen molar-refractivity contribution in [2.24, 2.45) is 0 Å². The fraction of sp³-hybridized carbons (Fsp3) is 0.357. The van der Waals surface area contributed by atoms with E-state index in [1.54, 1.807) is 34.1 Å². The maximum Gasteiger partial charge on any atom is 0.273 e. The third-order valence-corrected chi connectivity index (χ3v) is 9.67. The summed E-state index contributed by atoms with van der Waals surface area (Å²) in [6, 6.07) is 9.57. The van der Waals surface area contributed by atoms with Crippen molar-refractivity contribution in [3.05, 3.63) is 80.6 Å². The first kappa shape index (κ1) is 29.1. The molecule has 1 aromatic heterocycles. The summed E-state index contributed by atoms with van der Waals surface area (Å²) in [7, 11) is -1.85. The van der Waals surface area contributed by atoms with Gasteiger partial charge in [-0.2, -0.15) is 5.10 Å². The van der Waals surface area contributed by atoms with Crippen LogP contribution in [0.25, 0.3) is 0 Å². The number of carbonyl (C=O) groups excluding carboxylic acids is 3. The second-order valence-corrected chi connectivity index (χ2v) is 13.3. The number of sulfone groups is 1. The highest BCUT2D eigenvalue weighted by molar-refractivity contribution is 7.90. The maximum atomic E-state index is 14.1. The van der Waals surface area contributed by atoms with Crippen molar-refractivity contribution in [1.82, 2.24) is 24.9 Å². The minimum Gasteiger partial charge on any atom is -0.357 e. The van der Waals surface area contributed by atoms with Crippen LogP contribution in [-0.2, 0) is 27.6 Å². The van der Waals surface area contributed by atoms with Gasteiger partial charge in [-0.1, -0.05) is 35.3 Å². The molecule has 0 saturated heterocycles. The molecule has 2 aliphatic rings. The van der Waals surface area contributed by atoms with Crippen molar-refractivity contribution in [3.8, 4) is 0 Å². The van der Waals surface area contributed by atoms with Crippen LogP contribution in [0.5, 0.6) is 0 Å². The molecule has 0 bridgehead atoms. The van der Waals surface area contributed by atoms with Crippen LogP contribution in [0.1, 0.15) is 63.6 Å². The summed E-state index contributed by atoms with van der Waals surface area (Å²) < 4.78 is 25.3. The summed E-state index contributed by atoms with van der Waals surface area (Å²) in [6.45, 7) is 3.93. The molecule has 1 N–H and O–H groups in total. The van der Waals surface area contributed by atoms with Crippen LogP contribution in [0, 0.1) is 0 Å². The van der Waals surface area contributed by atoms with Crippen LogP contribution < -0.4 is 5.32 Å². The Kier molecular flexibility index (Phi) is 7.65. The Labute approximate surface area is 248 Å². The predicted molar refractivity (Wildman–Crippen MR) is 154 cm³/mol. The van der Waals surface area contributed by atoms with E-state index in [2.05, 4.69) is 5.32 Å². The summed E-state index contributed by atoms with van der Waals surface area (Å²) in [5, 5.41) is 7.98. The van der Waals surface area contributed by atoms with E-state index >= 15 is 0 Å². The molecule has 3 atom stereocenters. The number of hydrogen-bond donors (Lipinski definition) is 1. The Morgan fingerprint density at radius 3 is 2.39 bits per heavy atom. The van der Waals surface area contributed by atoms with Gasteiger partial charge < -0.3 is 15.1 Å². The number of nitrogens with zero attached hydrogens (tertiary/aromatic N) is 4. The first-order valence-electron chi connectivity index (χ1n) is 13.0. The molecular weight excluding hydrogens is 589 g/mol. The number of halogens is 2. The van der Waals surface area contributed by atoms with Crippen LogP contribution in [0.2, 0.25) is 10.0 Å². The second-order valence-electron chi connectivity index (χ2n) is 10.4. The van der Waals surface area contributed by atoms with Gasteiger partial charge >= 0.3 is 0 Å². The van der Waals surface area contributed by atoms with Crippen molar-refractivity contribution in [1.29, 1.82) is 0 Å². The zero-order valence-electron chi connectivity index (χ0n) is 22.9. The summed E-state index contributed by atoms with van der Waals surface area (Å²) in [4.78, 5) is 44.0. The summed E-state index contributed by atoms with van der Waals surface area (Å²) in [6.07, 6.45) is 1.53. The van der Waals surface area contributed by atoms with Crippen LogP contribution >= 0.6 is 23.2 Å². The fourth-order valence-corrected chi connectivity index (χ4v) is 6.36. The van der Waals surface area contributed by atoms with Crippen molar-refractivity contribution in [3.63, 3.8) is 0 Å². The third kappa shape index (κ3) is 5.22. The van der Waals surface area contributed by atoms with E-state index in [-0.39, 0.29) is 52.5 Å². The Balaban J connectivity index is 1.52. The van der Waals surface area contributed by atoms with E-state index in [4.69, 9.17) is 28.3 Å². The molecule has 1 unspecified atom stereocenters. The predicted octanol–water partition coefficient (Wildman–Crippen LogP) is 3.68. The number of aromatic nitrogens is 2. The fourth-order valence-electron chi connectivity index (χ4n) is 5.43. The molecule has 0 saturated carbocycles.